The number of nitrogens with one attached hydrogen (secondary N) is 1. The molecule has 1 N–H and O–H groups in total. The van der Waals surface area contributed by atoms with Gasteiger partial charge >= 0.3 is 0 Å². The largest absolute Gasteiger partial charge is 0.277 e. The number of rotatable bonds is 3. The van der Waals surface area contributed by atoms with Crippen LogP contribution < -0.4 is 5.43 Å². The number of nitrogens with zero attached hydrogens (tertiary/aromatic N) is 3. The molecule has 0 bridgehead atoms. The van der Waals surface area contributed by atoms with Gasteiger partial charge in [0.25, 0.3) is 0 Å². The van der Waals surface area contributed by atoms with Crippen LogP contribution in [0.15, 0.2) is 59.8 Å². The highest BCUT2D eigenvalue weighted by atomic mass is 35.5. The van der Waals surface area contributed by atoms with Crippen LogP contribution in [0.3, 0.4) is 0 Å². The molecule has 0 radical (unpaired) electrons. The van der Waals surface area contributed by atoms with Gasteiger partial charge < -0.3 is 0 Å². The zero-order chi connectivity index (χ0) is 16.2. The lowest BCUT2D eigenvalue weighted by molar-refractivity contribution is 1.31. The van der Waals surface area contributed by atoms with Crippen molar-refractivity contribution < 1.29 is 0 Å². The summed E-state index contributed by atoms with van der Waals surface area (Å²) in [6.45, 7) is 1.91. The number of hydrogen-bond donors (Lipinski definition) is 1. The minimum absolute atomic E-state index is 0.631. The van der Waals surface area contributed by atoms with Crippen LogP contribution in [0.1, 0.15) is 18.1 Å². The number of hydrazone groups is 1. The van der Waals surface area contributed by atoms with Crippen LogP contribution in [0.5, 0.6) is 0 Å². The average Bonchev–Trinajstić information content (AvgIpc) is 2.59. The van der Waals surface area contributed by atoms with Crippen molar-refractivity contribution in [1.29, 1.82) is 5.26 Å². The van der Waals surface area contributed by atoms with Gasteiger partial charge in [0.15, 0.2) is 0 Å². The molecular weight excluding hydrogens is 308 g/mol. The van der Waals surface area contributed by atoms with Gasteiger partial charge in [-0.25, -0.2) is 0 Å². The molecule has 4 nitrogen and oxygen atoms in total. The van der Waals surface area contributed by atoms with Crippen LogP contribution >= 0.6 is 11.6 Å². The number of halogens is 1. The van der Waals surface area contributed by atoms with Crippen LogP contribution in [-0.4, -0.2) is 10.7 Å². The van der Waals surface area contributed by atoms with Crippen molar-refractivity contribution in [3.05, 3.63) is 70.9 Å². The van der Waals surface area contributed by atoms with Gasteiger partial charge in [0, 0.05) is 16.6 Å². The fourth-order valence-corrected chi connectivity index (χ4v) is 2.38. The SMILES string of the molecule is CC(=NNc1ccnc2cc(Cl)ccc12)c1ccc(C#N)cc1. The van der Waals surface area contributed by atoms with E-state index < -0.39 is 0 Å². The Hall–Kier alpha value is -2.90. The summed E-state index contributed by atoms with van der Waals surface area (Å²) in [5.41, 5.74) is 7.16. The Morgan fingerprint density at radius 1 is 1.17 bits per heavy atom. The second kappa shape index (κ2) is 6.47. The number of pyridine rings is 1. The van der Waals surface area contributed by atoms with E-state index in [1.165, 1.54) is 0 Å². The van der Waals surface area contributed by atoms with Crippen LogP contribution in [0.4, 0.5) is 5.69 Å². The summed E-state index contributed by atoms with van der Waals surface area (Å²) in [4.78, 5) is 4.30. The Morgan fingerprint density at radius 3 is 2.70 bits per heavy atom. The normalized spacial score (nSPS) is 11.3. The Morgan fingerprint density at radius 2 is 1.96 bits per heavy atom. The highest BCUT2D eigenvalue weighted by Gasteiger charge is 2.03. The van der Waals surface area contributed by atoms with Crippen LogP contribution in [0.2, 0.25) is 5.02 Å². The fourth-order valence-electron chi connectivity index (χ4n) is 2.21. The molecular formula is C18H13ClN4. The van der Waals surface area contributed by atoms with Gasteiger partial charge in [-0.1, -0.05) is 23.7 Å². The van der Waals surface area contributed by atoms with Crippen molar-refractivity contribution in [3.8, 4) is 6.07 Å². The molecule has 0 spiro atoms. The Kier molecular flexibility index (Phi) is 4.22. The van der Waals surface area contributed by atoms with Crippen molar-refractivity contribution in [2.24, 2.45) is 5.10 Å². The summed E-state index contributed by atoms with van der Waals surface area (Å²) in [5.74, 6) is 0. The zero-order valence-electron chi connectivity index (χ0n) is 12.4. The highest BCUT2D eigenvalue weighted by molar-refractivity contribution is 6.31. The van der Waals surface area contributed by atoms with Crippen LogP contribution in [-0.2, 0) is 0 Å². The molecule has 0 fully saturated rings. The minimum atomic E-state index is 0.631. The van der Waals surface area contributed by atoms with Crippen molar-refractivity contribution in [2.75, 3.05) is 5.43 Å². The molecule has 112 valence electrons. The number of anilines is 1. The number of fused-ring (bicyclic) bond motifs is 1. The Balaban J connectivity index is 1.88. The third kappa shape index (κ3) is 3.31. The molecule has 2 aromatic carbocycles. The molecule has 1 aromatic heterocycles. The molecule has 0 aliphatic rings. The van der Waals surface area contributed by atoms with E-state index in [4.69, 9.17) is 16.9 Å². The second-order valence-electron chi connectivity index (χ2n) is 5.02. The smallest absolute Gasteiger partial charge is 0.0991 e. The average molecular weight is 321 g/mol. The van der Waals surface area contributed by atoms with Crippen molar-refractivity contribution in [2.45, 2.75) is 6.92 Å². The molecule has 0 saturated carbocycles. The molecule has 3 rings (SSSR count). The standard InChI is InChI=1S/C18H13ClN4/c1-12(14-4-2-13(11-20)3-5-14)22-23-17-8-9-21-18-10-15(19)6-7-16(17)18/h2-10H,1H3,(H,21,23). The molecule has 3 aromatic rings. The summed E-state index contributed by atoms with van der Waals surface area (Å²) in [6.07, 6.45) is 1.72. The van der Waals surface area contributed by atoms with Gasteiger partial charge in [0.2, 0.25) is 0 Å². The van der Waals surface area contributed by atoms with E-state index in [0.717, 1.165) is 27.9 Å². The maximum atomic E-state index is 8.83. The third-order valence-corrected chi connectivity index (χ3v) is 3.72. The first-order valence-electron chi connectivity index (χ1n) is 7.02. The quantitative estimate of drug-likeness (QED) is 0.567. The molecule has 0 saturated heterocycles. The molecule has 1 heterocycles. The zero-order valence-corrected chi connectivity index (χ0v) is 13.2. The Labute approximate surface area is 139 Å². The third-order valence-electron chi connectivity index (χ3n) is 3.48. The minimum Gasteiger partial charge on any atom is -0.277 e. The van der Waals surface area contributed by atoms with Crippen molar-refractivity contribution in [1.82, 2.24) is 4.98 Å². The van der Waals surface area contributed by atoms with Gasteiger partial charge in [-0.2, -0.15) is 10.4 Å². The first-order valence-corrected chi connectivity index (χ1v) is 7.40. The maximum absolute atomic E-state index is 8.83. The molecule has 0 amide bonds. The molecule has 0 aliphatic carbocycles. The monoisotopic (exact) mass is 320 g/mol. The molecule has 5 heteroatoms. The number of aromatic nitrogens is 1. The first kappa shape index (κ1) is 15.0. The van der Waals surface area contributed by atoms with Crippen molar-refractivity contribution in [3.63, 3.8) is 0 Å². The van der Waals surface area contributed by atoms with E-state index >= 15 is 0 Å². The number of hydrogen-bond acceptors (Lipinski definition) is 4. The van der Waals surface area contributed by atoms with E-state index in [1.807, 2.05) is 43.3 Å². The van der Waals surface area contributed by atoms with Crippen molar-refractivity contribution >= 4 is 33.9 Å². The highest BCUT2D eigenvalue weighted by Crippen LogP contribution is 2.24. The summed E-state index contributed by atoms with van der Waals surface area (Å²) in [5, 5.41) is 14.9. The van der Waals surface area contributed by atoms with Crippen LogP contribution in [0.25, 0.3) is 10.9 Å². The first-order chi connectivity index (χ1) is 11.2. The maximum Gasteiger partial charge on any atom is 0.0991 e. The molecule has 0 atom stereocenters. The van der Waals surface area contributed by atoms with Gasteiger partial charge in [-0.15, -0.1) is 0 Å². The van der Waals surface area contributed by atoms with E-state index in [0.29, 0.717) is 10.6 Å². The summed E-state index contributed by atoms with van der Waals surface area (Å²) in [6, 6.07) is 16.8. The van der Waals surface area contributed by atoms with Gasteiger partial charge in [0.1, 0.15) is 0 Å². The summed E-state index contributed by atoms with van der Waals surface area (Å²) >= 11 is 5.99. The Bertz CT molecular complexity index is 924. The lowest BCUT2D eigenvalue weighted by Gasteiger charge is -2.07. The van der Waals surface area contributed by atoms with Crippen LogP contribution in [0, 0.1) is 11.3 Å². The van der Waals surface area contributed by atoms with Gasteiger partial charge in [0.05, 0.1) is 28.5 Å². The van der Waals surface area contributed by atoms with Gasteiger partial charge in [-0.3, -0.25) is 10.4 Å². The number of nitriles is 1. The predicted molar refractivity (Wildman–Crippen MR) is 93.7 cm³/mol. The predicted octanol–water partition coefficient (Wildman–Crippen LogP) is 4.60. The van der Waals surface area contributed by atoms with E-state index in [-0.39, 0.29) is 0 Å². The van der Waals surface area contributed by atoms with E-state index in [1.54, 1.807) is 18.3 Å². The van der Waals surface area contributed by atoms with E-state index in [9.17, 15) is 0 Å². The van der Waals surface area contributed by atoms with Gasteiger partial charge in [-0.05, 0) is 48.9 Å². The molecule has 23 heavy (non-hydrogen) atoms. The summed E-state index contributed by atoms with van der Waals surface area (Å²) in [7, 11) is 0. The van der Waals surface area contributed by atoms with E-state index in [2.05, 4.69) is 21.6 Å². The lowest BCUT2D eigenvalue weighted by Crippen LogP contribution is -2.00. The molecule has 0 unspecified atom stereocenters. The number of benzene rings is 2. The molecule has 0 aliphatic heterocycles. The lowest BCUT2D eigenvalue weighted by atomic mass is 10.1. The summed E-state index contributed by atoms with van der Waals surface area (Å²) < 4.78 is 0. The fraction of sp³-hybridized carbons (Fsp3) is 0.0556. The second-order valence-corrected chi connectivity index (χ2v) is 5.45. The topological polar surface area (TPSA) is 61.1 Å².